The molecule has 1 heterocycles. The molecule has 0 aromatic heterocycles. The monoisotopic (exact) mass is 264 g/mol. The number of hydrogen-bond donors (Lipinski definition) is 1. The van der Waals surface area contributed by atoms with Crippen LogP contribution in [-0.4, -0.2) is 6.34 Å². The fourth-order valence-corrected chi connectivity index (χ4v) is 2.32. The second kappa shape index (κ2) is 4.89. The van der Waals surface area contributed by atoms with Crippen molar-refractivity contribution in [3.05, 3.63) is 52.3 Å². The molecule has 1 aromatic rings. The van der Waals surface area contributed by atoms with Gasteiger partial charge >= 0.3 is 0 Å². The lowest BCUT2D eigenvalue weighted by Crippen LogP contribution is -3.00. The maximum atomic E-state index is 5.97. The van der Waals surface area contributed by atoms with Crippen molar-refractivity contribution in [1.29, 1.82) is 0 Å². The molecular weight excluding hydrogens is 255 g/mol. The van der Waals surface area contributed by atoms with E-state index in [9.17, 15) is 0 Å². The minimum atomic E-state index is 0. The molecule has 0 unspecified atom stereocenters. The molecule has 0 atom stereocenters. The Labute approximate surface area is 111 Å². The molecule has 4 heteroatoms. The van der Waals surface area contributed by atoms with Crippen LogP contribution in [0.25, 0.3) is 5.57 Å². The second-order valence-electron chi connectivity index (χ2n) is 3.92. The molecule has 2 aliphatic rings. The average Bonchev–Trinajstić information content (AvgIpc) is 2.89. The number of nitrogens with zero attached hydrogens (tertiary/aromatic N) is 1. The van der Waals surface area contributed by atoms with E-state index in [0.717, 1.165) is 23.6 Å². The Bertz CT molecular complexity index is 530. The Morgan fingerprint density at radius 1 is 1.35 bits per heavy atom. The number of aryl methyl sites for hydroxylation is 1. The van der Waals surface area contributed by atoms with Crippen LogP contribution < -0.4 is 17.7 Å². The van der Waals surface area contributed by atoms with Crippen LogP contribution in [-0.2, 0) is 6.42 Å². The highest BCUT2D eigenvalue weighted by atomic mass is 35.5. The summed E-state index contributed by atoms with van der Waals surface area (Å²) in [6, 6.07) is 6.09. The summed E-state index contributed by atoms with van der Waals surface area (Å²) < 4.78 is 0. The largest absolute Gasteiger partial charge is 1.00 e. The van der Waals surface area contributed by atoms with Crippen LogP contribution in [0.3, 0.4) is 0 Å². The first-order chi connectivity index (χ1) is 7.83. The first kappa shape index (κ1) is 12.1. The fraction of sp³-hybridized carbons (Fsp3) is 0.154. The molecule has 0 fully saturated rings. The number of aliphatic imine (C=N–C) groups is 1. The van der Waals surface area contributed by atoms with Gasteiger partial charge in [-0.3, -0.25) is 0 Å². The molecule has 0 spiro atoms. The van der Waals surface area contributed by atoms with E-state index in [1.54, 1.807) is 6.20 Å². The predicted molar refractivity (Wildman–Crippen MR) is 66.4 cm³/mol. The number of rotatable bonds is 1. The van der Waals surface area contributed by atoms with Gasteiger partial charge in [-0.1, -0.05) is 17.7 Å². The van der Waals surface area contributed by atoms with Crippen molar-refractivity contribution in [2.45, 2.75) is 12.8 Å². The number of halogens is 2. The number of benzene rings is 1. The quantitative estimate of drug-likeness (QED) is 0.711. The van der Waals surface area contributed by atoms with Gasteiger partial charge in [0, 0.05) is 11.1 Å². The predicted octanol–water partition coefficient (Wildman–Crippen LogP) is 0.0235. The van der Waals surface area contributed by atoms with Crippen molar-refractivity contribution in [2.24, 2.45) is 4.99 Å². The van der Waals surface area contributed by atoms with Gasteiger partial charge in [0.15, 0.2) is 0 Å². The van der Waals surface area contributed by atoms with Gasteiger partial charge in [0.2, 0.25) is 11.9 Å². The second-order valence-corrected chi connectivity index (χ2v) is 4.36. The summed E-state index contributed by atoms with van der Waals surface area (Å²) in [7, 11) is 0. The highest BCUT2D eigenvalue weighted by Gasteiger charge is 2.19. The summed E-state index contributed by atoms with van der Waals surface area (Å²) in [6.07, 6.45) is 8.74. The van der Waals surface area contributed by atoms with E-state index in [0.29, 0.717) is 0 Å². The molecule has 1 aliphatic heterocycles. The van der Waals surface area contributed by atoms with Gasteiger partial charge in [0.25, 0.3) is 6.34 Å². The zero-order valence-corrected chi connectivity index (χ0v) is 10.5. The Morgan fingerprint density at radius 3 is 3.00 bits per heavy atom. The van der Waals surface area contributed by atoms with Crippen LogP contribution in [0.5, 0.6) is 0 Å². The number of allylic oxidation sites excluding steroid dienone is 2. The summed E-state index contributed by atoms with van der Waals surface area (Å²) in [5.74, 6) is 0. The number of fused-ring (bicyclic) bond motifs is 1. The van der Waals surface area contributed by atoms with E-state index in [4.69, 9.17) is 11.6 Å². The minimum Gasteiger partial charge on any atom is -1.00 e. The first-order valence-electron chi connectivity index (χ1n) is 5.23. The molecule has 0 radical (unpaired) electrons. The van der Waals surface area contributed by atoms with Gasteiger partial charge in [-0.05, 0) is 46.7 Å². The van der Waals surface area contributed by atoms with Crippen LogP contribution in [0.2, 0.25) is 5.02 Å². The normalized spacial score (nSPS) is 18.2. The molecule has 0 amide bonds. The van der Waals surface area contributed by atoms with Gasteiger partial charge in [0.05, 0.1) is 0 Å². The lowest BCUT2D eigenvalue weighted by atomic mass is 10.1. The van der Waals surface area contributed by atoms with E-state index in [-0.39, 0.29) is 12.4 Å². The SMILES string of the molecule is Clc1ccc2c(c1)CCC2=CC1=CN=[C+]N1.[Cl-]. The molecule has 2 nitrogen and oxygen atoms in total. The van der Waals surface area contributed by atoms with Crippen molar-refractivity contribution in [1.82, 2.24) is 5.32 Å². The maximum Gasteiger partial charge on any atom is 0.253 e. The van der Waals surface area contributed by atoms with Gasteiger partial charge in [0.1, 0.15) is 0 Å². The average molecular weight is 265 g/mol. The summed E-state index contributed by atoms with van der Waals surface area (Å²) >= 11 is 5.97. The van der Waals surface area contributed by atoms with E-state index in [1.165, 1.54) is 16.7 Å². The summed E-state index contributed by atoms with van der Waals surface area (Å²) in [5, 5.41) is 3.78. The Hall–Kier alpha value is -1.34. The smallest absolute Gasteiger partial charge is 0.253 e. The number of nitrogens with one attached hydrogen (secondary N) is 1. The van der Waals surface area contributed by atoms with Crippen molar-refractivity contribution in [2.75, 3.05) is 0 Å². The summed E-state index contributed by atoms with van der Waals surface area (Å²) in [4.78, 5) is 3.89. The molecule has 0 saturated heterocycles. The highest BCUT2D eigenvalue weighted by Crippen LogP contribution is 2.34. The highest BCUT2D eigenvalue weighted by molar-refractivity contribution is 6.30. The van der Waals surface area contributed by atoms with Crippen molar-refractivity contribution in [3.63, 3.8) is 0 Å². The minimum absolute atomic E-state index is 0. The molecule has 86 valence electrons. The van der Waals surface area contributed by atoms with E-state index < -0.39 is 0 Å². The maximum absolute atomic E-state index is 5.97. The van der Waals surface area contributed by atoms with Gasteiger partial charge in [-0.2, -0.15) is 5.32 Å². The Morgan fingerprint density at radius 2 is 2.24 bits per heavy atom. The Kier molecular flexibility index (Phi) is 3.49. The van der Waals surface area contributed by atoms with Crippen LogP contribution >= 0.6 is 11.6 Å². The third-order valence-electron chi connectivity index (χ3n) is 2.88. The van der Waals surface area contributed by atoms with Gasteiger partial charge in [-0.15, -0.1) is 0 Å². The zero-order valence-electron chi connectivity index (χ0n) is 9.00. The molecular formula is C13H10Cl2N2. The summed E-state index contributed by atoms with van der Waals surface area (Å²) in [5.41, 5.74) is 4.98. The molecule has 0 bridgehead atoms. The van der Waals surface area contributed by atoms with Gasteiger partial charge in [-0.25, -0.2) is 0 Å². The number of hydrogen-bond acceptors (Lipinski definition) is 2. The third kappa shape index (κ3) is 2.34. The van der Waals surface area contributed by atoms with Crippen molar-refractivity contribution in [3.8, 4) is 0 Å². The third-order valence-corrected chi connectivity index (χ3v) is 3.11. The first-order valence-corrected chi connectivity index (χ1v) is 5.61. The van der Waals surface area contributed by atoms with E-state index in [2.05, 4.69) is 34.9 Å². The van der Waals surface area contributed by atoms with Gasteiger partial charge < -0.3 is 12.4 Å². The van der Waals surface area contributed by atoms with Crippen LogP contribution in [0.15, 0.2) is 41.2 Å². The summed E-state index contributed by atoms with van der Waals surface area (Å²) in [6.45, 7) is 0. The van der Waals surface area contributed by atoms with Crippen LogP contribution in [0.4, 0.5) is 0 Å². The molecule has 1 N–H and O–H groups in total. The molecule has 0 saturated carbocycles. The van der Waals surface area contributed by atoms with Crippen molar-refractivity contribution < 1.29 is 12.4 Å². The zero-order chi connectivity index (χ0) is 11.0. The van der Waals surface area contributed by atoms with E-state index in [1.807, 2.05) is 6.07 Å². The van der Waals surface area contributed by atoms with Crippen LogP contribution in [0.1, 0.15) is 17.5 Å². The molecule has 3 rings (SSSR count). The molecule has 17 heavy (non-hydrogen) atoms. The lowest BCUT2D eigenvalue weighted by molar-refractivity contribution is -0.00000311. The van der Waals surface area contributed by atoms with Crippen LogP contribution in [0, 0.1) is 0 Å². The standard InChI is InChI=1S/C13H10ClN2.ClH/c14-11-3-4-13-9(5-11)1-2-10(13)6-12-7-15-8-16-12;/h3-7H,1-2H2,(H,15,16);1H/q+1;/p-1. The topological polar surface area (TPSA) is 24.4 Å². The Balaban J connectivity index is 0.00000108. The fourth-order valence-electron chi connectivity index (χ4n) is 2.13. The molecule has 1 aliphatic carbocycles. The van der Waals surface area contributed by atoms with E-state index >= 15 is 0 Å². The molecule has 1 aromatic carbocycles. The van der Waals surface area contributed by atoms with Crippen molar-refractivity contribution >= 4 is 23.5 Å². The lowest BCUT2D eigenvalue weighted by Gasteiger charge is -1.99.